The zero-order valence-corrected chi connectivity index (χ0v) is 81.2. The van der Waals surface area contributed by atoms with Crippen molar-refractivity contribution in [2.45, 2.75) is 314 Å². The van der Waals surface area contributed by atoms with Crippen molar-refractivity contribution >= 4 is 142 Å². The molecule has 0 amide bonds. The second-order valence-corrected chi connectivity index (χ2v) is 42.5. The first kappa shape index (κ1) is 122. The first-order valence-electron chi connectivity index (χ1n) is 43.8. The van der Waals surface area contributed by atoms with Gasteiger partial charge in [-0.25, -0.2) is 0 Å². The first-order chi connectivity index (χ1) is 66.0. The van der Waals surface area contributed by atoms with Gasteiger partial charge in [-0.15, -0.1) is 0 Å². The molecule has 0 saturated carbocycles. The van der Waals surface area contributed by atoms with Crippen molar-refractivity contribution in [3.8, 4) is 0 Å². The van der Waals surface area contributed by atoms with Gasteiger partial charge in [-0.2, -0.15) is 94.1 Å². The van der Waals surface area contributed by atoms with Crippen LogP contribution in [0.3, 0.4) is 0 Å². The van der Waals surface area contributed by atoms with E-state index in [9.17, 15) is 161 Å². The smallest absolute Gasteiger partial charge is 0.321 e. The van der Waals surface area contributed by atoms with Crippen LogP contribution in [0.2, 0.25) is 0 Å². The largest absolute Gasteiger partial charge is 0.480 e. The Morgan fingerprint density at radius 2 is 0.414 bits per heavy atom. The summed E-state index contributed by atoms with van der Waals surface area (Å²) >= 11 is 6.49. The summed E-state index contributed by atoms with van der Waals surface area (Å²) in [5.41, 5.74) is 46.5. The van der Waals surface area contributed by atoms with Crippen molar-refractivity contribution in [2.75, 3.05) is 98.7 Å². The molecule has 47 unspecified atom stereocenters. The van der Waals surface area contributed by atoms with Crippen molar-refractivity contribution in [2.24, 2.45) is 45.9 Å². The monoisotopic (exact) mass is 2180 g/mol. The fourth-order valence-electron chi connectivity index (χ4n) is 14.9. The topological polar surface area (TPSA) is 978 Å². The number of rotatable bonds is 58. The zero-order valence-electron chi connectivity index (χ0n) is 74.7. The van der Waals surface area contributed by atoms with Gasteiger partial charge in [0.15, 0.2) is 50.3 Å². The molecule has 40 N–H and O–H groups in total. The number of aliphatic carboxylic acids is 8. The SMILES string of the molecule is CCCCOC1OC(CSCC(N)C(=O)O)C(OC2OC(CSCC(N)C(=O)O)C(OC3OC(CSCC(N)C(=O)O)C(OC4OC(CSCC(N)C(=O)O)C(OC5OC(CSCC(N)C(=O)O)C(OC6OC(CSCC(N)C(=O)O)C(OC7OC(CSCC(N)C(=O)O)C(OC8OC(CSCC(N)C(=O)O)CC(O)C8O)C(O)C7O)C(O)C6O)C(O)C5O)C(O)C4O)C(O)C3O)C(O)C2O)C(O)C1O. The Bertz CT molecular complexity index is 3800. The molecule has 810 valence electrons. The van der Waals surface area contributed by atoms with E-state index in [-0.39, 0.29) is 53.3 Å². The van der Waals surface area contributed by atoms with E-state index in [1.165, 1.54) is 0 Å². The Labute approximate surface area is 832 Å². The van der Waals surface area contributed by atoms with Gasteiger partial charge in [-0.1, -0.05) is 13.3 Å². The number of aliphatic hydroxyl groups is 16. The first-order valence-corrected chi connectivity index (χ1v) is 53.0. The highest BCUT2D eigenvalue weighted by Gasteiger charge is 2.60. The van der Waals surface area contributed by atoms with Gasteiger partial charge in [0, 0.05) is 105 Å². The molecule has 0 aromatic carbocycles. The molecule has 56 nitrogen and oxygen atoms in total. The fourth-order valence-corrected chi connectivity index (χ4v) is 23.1. The molecule has 8 fully saturated rings. The number of carboxylic acids is 8. The van der Waals surface area contributed by atoms with Crippen LogP contribution in [0.15, 0.2) is 0 Å². The second-order valence-electron chi connectivity index (χ2n) is 33.9. The van der Waals surface area contributed by atoms with Gasteiger partial charge < -0.3 is 244 Å². The van der Waals surface area contributed by atoms with E-state index in [0.29, 0.717) is 12.8 Å². The standard InChI is InChI=1S/C76H130N8O48S8/c1-2-3-4-117-69-47(94)40(87)54(32(119-69)15-134-8-24(78)62(103)104)127-71-49(96)42(89)56(34(121-71)17-136-10-26(80)64(107)108)129-73-51(98)44(91)58(36(123-73)19-138-12-28(82)66(111)112)131-75-53(100)46(93)60(38(125-75)21-140-14-30(84)68(115)116)132-76-52(99)45(92)59(37(124-76)20-139-13-29(83)67(113)114)130-74-50(97)43(90)57(35(122-74)18-137-11-27(81)65(109)110)128-72-48(95)41(88)55(33(120-72)16-135-9-25(79)63(105)106)126-70-39(86)31(85)5-22(118-70)6-133-7-23(77)61(101)102/h22-60,69-76,85-100H,2-21,77-84H2,1H3,(H,101,102)(H,103,104)(H,105,106)(H,107,108)(H,109,110)(H,111,112)(H,113,114)(H,115,116). The van der Waals surface area contributed by atoms with Crippen LogP contribution in [0.5, 0.6) is 0 Å². The molecule has 140 heavy (non-hydrogen) atoms. The van der Waals surface area contributed by atoms with Crippen molar-refractivity contribution in [1.29, 1.82) is 0 Å². The van der Waals surface area contributed by atoms with Crippen LogP contribution in [0.1, 0.15) is 26.2 Å². The lowest BCUT2D eigenvalue weighted by molar-refractivity contribution is -0.391. The summed E-state index contributed by atoms with van der Waals surface area (Å²) in [7, 11) is 0. The molecule has 8 heterocycles. The Hall–Kier alpha value is -3.04. The maximum absolute atomic E-state index is 12.4. The van der Waals surface area contributed by atoms with Crippen LogP contribution in [0, 0.1) is 0 Å². The molecule has 8 aliphatic heterocycles. The average molecular weight is 2180 g/mol. The molecule has 0 bridgehead atoms. The number of thioether (sulfide) groups is 8. The van der Waals surface area contributed by atoms with Gasteiger partial charge in [0.1, 0.15) is 183 Å². The van der Waals surface area contributed by atoms with Gasteiger partial charge >= 0.3 is 47.8 Å². The highest BCUT2D eigenvalue weighted by Crippen LogP contribution is 2.42. The molecule has 8 rings (SSSR count). The van der Waals surface area contributed by atoms with E-state index in [1.807, 2.05) is 6.92 Å². The Kier molecular flexibility index (Phi) is 50.9. The summed E-state index contributed by atoms with van der Waals surface area (Å²) in [6, 6.07) is -12.0. The third-order valence-electron chi connectivity index (χ3n) is 23.0. The average Bonchev–Trinajstić information content (AvgIpc) is 0.768. The predicted molar refractivity (Wildman–Crippen MR) is 488 cm³/mol. The highest BCUT2D eigenvalue weighted by atomic mass is 32.2. The molecule has 8 aliphatic rings. The summed E-state index contributed by atoms with van der Waals surface area (Å²) in [4.78, 5) is 94.9. The molecule has 0 aromatic rings. The highest BCUT2D eigenvalue weighted by molar-refractivity contribution is 8.00. The van der Waals surface area contributed by atoms with Crippen LogP contribution in [0.25, 0.3) is 0 Å². The summed E-state index contributed by atoms with van der Waals surface area (Å²) in [6.07, 6.45) is -76.4. The number of carboxylic acid groups (broad SMARTS) is 8. The van der Waals surface area contributed by atoms with E-state index in [1.54, 1.807) is 0 Å². The minimum atomic E-state index is -2.43. The van der Waals surface area contributed by atoms with Crippen molar-refractivity contribution < 1.29 is 237 Å². The summed E-state index contributed by atoms with van der Waals surface area (Å²) in [5.74, 6) is -17.3. The summed E-state index contributed by atoms with van der Waals surface area (Å²) in [5, 5.41) is 268. The lowest BCUT2D eigenvalue weighted by atomic mass is 9.95. The summed E-state index contributed by atoms with van der Waals surface area (Å²) in [6.45, 7) is 1.90. The predicted octanol–water partition coefficient (Wildman–Crippen LogP) is -14.4. The van der Waals surface area contributed by atoms with Crippen LogP contribution < -0.4 is 45.9 Å². The fraction of sp³-hybridized carbons (Fsp3) is 0.895. The van der Waals surface area contributed by atoms with Crippen LogP contribution in [-0.2, 0) is 114 Å². The lowest BCUT2D eigenvalue weighted by Gasteiger charge is -2.50. The van der Waals surface area contributed by atoms with E-state index in [4.69, 9.17) is 122 Å². The third-order valence-corrected chi connectivity index (χ3v) is 32.3. The molecule has 64 heteroatoms. The van der Waals surface area contributed by atoms with Gasteiger partial charge in [-0.05, 0) is 6.42 Å². The number of nitrogens with two attached hydrogens (primary N) is 8. The van der Waals surface area contributed by atoms with Crippen LogP contribution in [-0.4, -0.2) is 557 Å². The molecule has 8 saturated heterocycles. The van der Waals surface area contributed by atoms with Crippen molar-refractivity contribution in [1.82, 2.24) is 0 Å². The number of carbonyl (C=O) groups is 8. The van der Waals surface area contributed by atoms with Gasteiger partial charge in [-0.3, -0.25) is 38.4 Å². The van der Waals surface area contributed by atoms with Gasteiger partial charge in [0.05, 0.1) is 54.9 Å². The zero-order chi connectivity index (χ0) is 104. The number of aliphatic hydroxyl groups excluding tert-OH is 16. The van der Waals surface area contributed by atoms with Gasteiger partial charge in [0.2, 0.25) is 0 Å². The number of unbranched alkanes of at least 4 members (excludes halogenated alkanes) is 1. The molecule has 0 aliphatic carbocycles. The molecule has 0 radical (unpaired) electrons. The van der Waals surface area contributed by atoms with E-state index >= 15 is 0 Å². The minimum Gasteiger partial charge on any atom is -0.480 e. The lowest BCUT2D eigenvalue weighted by Crippen LogP contribution is -2.68. The Balaban J connectivity index is 1.05. The van der Waals surface area contributed by atoms with E-state index < -0.39 is 387 Å². The third kappa shape index (κ3) is 34.2. The number of hydrogen-bond acceptors (Lipinski definition) is 56. The quantitative estimate of drug-likeness (QED) is 0.0251. The van der Waals surface area contributed by atoms with Crippen molar-refractivity contribution in [3.05, 3.63) is 0 Å². The Morgan fingerprint density at radius 3 is 0.593 bits per heavy atom. The van der Waals surface area contributed by atoms with Gasteiger partial charge in [0.25, 0.3) is 0 Å². The van der Waals surface area contributed by atoms with Crippen LogP contribution in [0.4, 0.5) is 0 Å². The molecule has 0 aromatic heterocycles. The minimum absolute atomic E-state index is 0.00277. The molecule has 47 atom stereocenters. The molecule has 0 spiro atoms. The van der Waals surface area contributed by atoms with Crippen molar-refractivity contribution in [3.63, 3.8) is 0 Å². The molecular weight excluding hydrogens is 2050 g/mol. The maximum Gasteiger partial charge on any atom is 0.321 e. The number of hydrogen-bond donors (Lipinski definition) is 32. The van der Waals surface area contributed by atoms with E-state index in [2.05, 4.69) is 0 Å². The summed E-state index contributed by atoms with van der Waals surface area (Å²) < 4.78 is 98.5. The second kappa shape index (κ2) is 58.4. The molecular formula is C76H130N8O48S8. The number of ether oxygens (including phenoxy) is 16. The normalized spacial score (nSPS) is 39.5. The Morgan fingerprint density at radius 1 is 0.250 bits per heavy atom. The maximum atomic E-state index is 12.4. The van der Waals surface area contributed by atoms with Crippen LogP contribution >= 0.6 is 94.1 Å². The van der Waals surface area contributed by atoms with E-state index in [0.717, 1.165) is 94.1 Å².